The first-order chi connectivity index (χ1) is 6.48. The average Bonchev–Trinajstić information content (AvgIpc) is 2.41. The monoisotopic (exact) mass is 220 g/mol. The highest BCUT2D eigenvalue weighted by Gasteiger charge is 2.33. The van der Waals surface area contributed by atoms with Gasteiger partial charge in [0.2, 0.25) is 0 Å². The highest BCUT2D eigenvalue weighted by atomic mass is 35.5. The molecule has 74 valence electrons. The summed E-state index contributed by atoms with van der Waals surface area (Å²) in [6.45, 7) is 0. The highest BCUT2D eigenvalue weighted by molar-refractivity contribution is 6.29. The van der Waals surface area contributed by atoms with E-state index >= 15 is 0 Å². The largest absolute Gasteiger partial charge is 0.419 e. The number of pyridine rings is 1. The Balaban J connectivity index is 2.77. The molecule has 0 unspecified atom stereocenters. The van der Waals surface area contributed by atoms with Crippen molar-refractivity contribution >= 4 is 17.2 Å². The molecular weight excluding hydrogens is 217 g/mol. The van der Waals surface area contributed by atoms with E-state index in [4.69, 9.17) is 11.6 Å². The van der Waals surface area contributed by atoms with Crippen LogP contribution in [0.5, 0.6) is 0 Å². The molecule has 2 nitrogen and oxygen atoms in total. The minimum Gasteiger partial charge on any atom is -0.305 e. The van der Waals surface area contributed by atoms with Gasteiger partial charge in [0.05, 0.1) is 5.56 Å². The van der Waals surface area contributed by atoms with E-state index in [9.17, 15) is 13.2 Å². The maximum Gasteiger partial charge on any atom is 0.419 e. The summed E-state index contributed by atoms with van der Waals surface area (Å²) in [7, 11) is 0. The molecule has 0 bridgehead atoms. The lowest BCUT2D eigenvalue weighted by molar-refractivity contribution is -0.136. The second-order valence-corrected chi connectivity index (χ2v) is 3.10. The average molecular weight is 221 g/mol. The number of halogens is 4. The van der Waals surface area contributed by atoms with Gasteiger partial charge in [-0.3, -0.25) is 0 Å². The van der Waals surface area contributed by atoms with Gasteiger partial charge in [0.1, 0.15) is 5.15 Å². The summed E-state index contributed by atoms with van der Waals surface area (Å²) in [5.74, 6) is 0. The Morgan fingerprint density at radius 3 is 2.71 bits per heavy atom. The van der Waals surface area contributed by atoms with Gasteiger partial charge in [-0.25, -0.2) is 4.98 Å². The molecule has 6 heteroatoms. The molecule has 14 heavy (non-hydrogen) atoms. The second-order valence-electron chi connectivity index (χ2n) is 2.71. The highest BCUT2D eigenvalue weighted by Crippen LogP contribution is 2.32. The maximum atomic E-state index is 12.4. The van der Waals surface area contributed by atoms with Crippen LogP contribution in [0.1, 0.15) is 5.56 Å². The first-order valence-corrected chi connectivity index (χ1v) is 4.07. The van der Waals surface area contributed by atoms with Crippen LogP contribution < -0.4 is 0 Å². The molecule has 0 spiro atoms. The van der Waals surface area contributed by atoms with Crippen LogP contribution in [0.3, 0.4) is 0 Å². The van der Waals surface area contributed by atoms with E-state index in [0.29, 0.717) is 0 Å². The summed E-state index contributed by atoms with van der Waals surface area (Å²) in [5.41, 5.74) is -0.961. The molecule has 2 aromatic rings. The number of hydrogen-bond acceptors (Lipinski definition) is 1. The molecule has 0 saturated carbocycles. The van der Waals surface area contributed by atoms with Gasteiger partial charge in [-0.1, -0.05) is 11.6 Å². The summed E-state index contributed by atoms with van der Waals surface area (Å²) in [5, 5.41) is 0.0432. The van der Waals surface area contributed by atoms with Crippen molar-refractivity contribution in [3.8, 4) is 0 Å². The molecule has 0 aliphatic rings. The number of fused-ring (bicyclic) bond motifs is 1. The Hall–Kier alpha value is -1.23. The van der Waals surface area contributed by atoms with Crippen molar-refractivity contribution in [3.05, 3.63) is 35.2 Å². The van der Waals surface area contributed by atoms with Crippen LogP contribution in [0.4, 0.5) is 13.2 Å². The standard InChI is InChI=1S/C8H4ClF3N2/c9-6-4-14-3-1-2-5(7(14)13-6)8(10,11)12/h1-4H. The number of imidazole rings is 1. The van der Waals surface area contributed by atoms with Crippen LogP contribution in [0.25, 0.3) is 5.65 Å². The van der Waals surface area contributed by atoms with E-state index in [1.807, 2.05) is 0 Å². The van der Waals surface area contributed by atoms with Crippen molar-refractivity contribution in [1.29, 1.82) is 0 Å². The van der Waals surface area contributed by atoms with Gasteiger partial charge in [0.25, 0.3) is 0 Å². The molecule has 0 aliphatic carbocycles. The van der Waals surface area contributed by atoms with E-state index < -0.39 is 11.7 Å². The molecule has 2 heterocycles. The van der Waals surface area contributed by atoms with Gasteiger partial charge in [-0.15, -0.1) is 0 Å². The molecule has 0 amide bonds. The third-order valence-electron chi connectivity index (χ3n) is 1.76. The Morgan fingerprint density at radius 2 is 2.07 bits per heavy atom. The number of alkyl halides is 3. The summed E-state index contributed by atoms with van der Waals surface area (Å²) in [6.07, 6.45) is -1.62. The van der Waals surface area contributed by atoms with Crippen molar-refractivity contribution in [2.24, 2.45) is 0 Å². The van der Waals surface area contributed by atoms with Crippen molar-refractivity contribution in [2.45, 2.75) is 6.18 Å². The zero-order valence-electron chi connectivity index (χ0n) is 6.72. The maximum absolute atomic E-state index is 12.4. The number of nitrogens with zero attached hydrogens (tertiary/aromatic N) is 2. The lowest BCUT2D eigenvalue weighted by Crippen LogP contribution is -2.07. The van der Waals surface area contributed by atoms with Gasteiger partial charge in [-0.05, 0) is 12.1 Å². The van der Waals surface area contributed by atoms with E-state index in [0.717, 1.165) is 6.07 Å². The topological polar surface area (TPSA) is 17.3 Å². The fraction of sp³-hybridized carbons (Fsp3) is 0.125. The van der Waals surface area contributed by atoms with Crippen molar-refractivity contribution in [3.63, 3.8) is 0 Å². The third kappa shape index (κ3) is 1.43. The van der Waals surface area contributed by atoms with Crippen LogP contribution >= 0.6 is 11.6 Å². The minimum atomic E-state index is -4.41. The predicted molar refractivity (Wildman–Crippen MR) is 45.2 cm³/mol. The number of rotatable bonds is 0. The summed E-state index contributed by atoms with van der Waals surface area (Å²) < 4.78 is 38.5. The summed E-state index contributed by atoms with van der Waals surface area (Å²) >= 11 is 5.51. The zero-order valence-corrected chi connectivity index (χ0v) is 7.47. The molecule has 2 rings (SSSR count). The van der Waals surface area contributed by atoms with Crippen molar-refractivity contribution in [2.75, 3.05) is 0 Å². The molecule has 0 fully saturated rings. The van der Waals surface area contributed by atoms with Gasteiger partial charge in [0.15, 0.2) is 5.65 Å². The van der Waals surface area contributed by atoms with Crippen molar-refractivity contribution < 1.29 is 13.2 Å². The SMILES string of the molecule is FC(F)(F)c1cccn2cc(Cl)nc12. The molecule has 0 N–H and O–H groups in total. The molecule has 0 radical (unpaired) electrons. The smallest absolute Gasteiger partial charge is 0.305 e. The molecule has 0 atom stereocenters. The Labute approximate surface area is 81.9 Å². The fourth-order valence-electron chi connectivity index (χ4n) is 1.20. The predicted octanol–water partition coefficient (Wildman–Crippen LogP) is 3.01. The van der Waals surface area contributed by atoms with E-state index in [1.54, 1.807) is 0 Å². The van der Waals surface area contributed by atoms with Gasteiger partial charge >= 0.3 is 6.18 Å². The van der Waals surface area contributed by atoms with Crippen LogP contribution in [-0.2, 0) is 6.18 Å². The fourth-order valence-corrected chi connectivity index (χ4v) is 1.39. The van der Waals surface area contributed by atoms with Gasteiger partial charge < -0.3 is 4.40 Å². The van der Waals surface area contributed by atoms with Crippen LogP contribution in [-0.4, -0.2) is 9.38 Å². The first kappa shape index (κ1) is 9.33. The van der Waals surface area contributed by atoms with Crippen molar-refractivity contribution in [1.82, 2.24) is 9.38 Å². The quantitative estimate of drug-likeness (QED) is 0.667. The molecule has 0 aromatic carbocycles. The summed E-state index contributed by atoms with van der Waals surface area (Å²) in [6, 6.07) is 2.27. The van der Waals surface area contributed by atoms with E-state index in [-0.39, 0.29) is 10.8 Å². The van der Waals surface area contributed by atoms with Gasteiger partial charge in [-0.2, -0.15) is 13.2 Å². The summed E-state index contributed by atoms with van der Waals surface area (Å²) in [4.78, 5) is 3.59. The molecular formula is C8H4ClF3N2. The lowest BCUT2D eigenvalue weighted by Gasteiger charge is -2.06. The number of aromatic nitrogens is 2. The first-order valence-electron chi connectivity index (χ1n) is 3.69. The van der Waals surface area contributed by atoms with Crippen LogP contribution in [0, 0.1) is 0 Å². The zero-order chi connectivity index (χ0) is 10.3. The molecule has 0 saturated heterocycles. The van der Waals surface area contributed by atoms with E-state index in [2.05, 4.69) is 4.98 Å². The third-order valence-corrected chi connectivity index (χ3v) is 1.94. The Bertz CT molecular complexity index is 475. The van der Waals surface area contributed by atoms with Crippen LogP contribution in [0.15, 0.2) is 24.5 Å². The Morgan fingerprint density at radius 1 is 1.36 bits per heavy atom. The Kier molecular flexibility index (Phi) is 1.92. The van der Waals surface area contributed by atoms with Gasteiger partial charge in [0, 0.05) is 12.4 Å². The second kappa shape index (κ2) is 2.88. The lowest BCUT2D eigenvalue weighted by atomic mass is 10.2. The normalized spacial score (nSPS) is 12.3. The van der Waals surface area contributed by atoms with E-state index in [1.165, 1.54) is 22.9 Å². The molecule has 0 aliphatic heterocycles. The van der Waals surface area contributed by atoms with Crippen LogP contribution in [0.2, 0.25) is 5.15 Å². The minimum absolute atomic E-state index is 0.0432. The molecule has 2 aromatic heterocycles. The number of hydrogen-bond donors (Lipinski definition) is 0.